The summed E-state index contributed by atoms with van der Waals surface area (Å²) in [6.45, 7) is 2.99. The second-order valence-corrected chi connectivity index (χ2v) is 4.42. The minimum Gasteiger partial charge on any atom is -0.247 e. The molecule has 0 bridgehead atoms. The third kappa shape index (κ3) is 2.15. The van der Waals surface area contributed by atoms with Crippen LogP contribution in [0.15, 0.2) is 0 Å². The van der Waals surface area contributed by atoms with E-state index in [0.29, 0.717) is 12.8 Å². The highest BCUT2D eigenvalue weighted by molar-refractivity contribution is 4.92. The number of hydrogen-bond donors (Lipinski definition) is 0. The predicted molar refractivity (Wildman–Crippen MR) is 42.1 cm³/mol. The van der Waals surface area contributed by atoms with Gasteiger partial charge in [0, 0.05) is 0 Å². The lowest BCUT2D eigenvalue weighted by Gasteiger charge is -2.41. The van der Waals surface area contributed by atoms with Crippen LogP contribution in [-0.2, 0) is 0 Å². The van der Waals surface area contributed by atoms with Crippen LogP contribution in [0, 0.1) is 11.3 Å². The van der Waals surface area contributed by atoms with E-state index >= 15 is 0 Å². The molecule has 78 valence electrons. The van der Waals surface area contributed by atoms with Crippen molar-refractivity contribution >= 4 is 0 Å². The number of hydrogen-bond acceptors (Lipinski definition) is 0. The molecule has 0 amide bonds. The third-order valence-corrected chi connectivity index (χ3v) is 2.86. The molecule has 13 heavy (non-hydrogen) atoms. The van der Waals surface area contributed by atoms with Gasteiger partial charge in [-0.2, -0.15) is 13.2 Å². The topological polar surface area (TPSA) is 0 Å². The van der Waals surface area contributed by atoms with Crippen molar-refractivity contribution < 1.29 is 17.6 Å². The first-order valence-corrected chi connectivity index (χ1v) is 4.46. The van der Waals surface area contributed by atoms with Crippen molar-refractivity contribution in [3.63, 3.8) is 0 Å². The first kappa shape index (κ1) is 10.8. The Bertz CT molecular complexity index is 183. The molecule has 4 heteroatoms. The van der Waals surface area contributed by atoms with E-state index in [-0.39, 0.29) is 6.42 Å². The molecule has 0 aromatic carbocycles. The fourth-order valence-corrected chi connectivity index (χ4v) is 2.21. The van der Waals surface area contributed by atoms with E-state index in [1.165, 1.54) is 13.8 Å². The summed E-state index contributed by atoms with van der Waals surface area (Å²) in [7, 11) is 0. The van der Waals surface area contributed by atoms with Gasteiger partial charge < -0.3 is 0 Å². The average Bonchev–Trinajstić information content (AvgIpc) is 1.79. The van der Waals surface area contributed by atoms with E-state index in [4.69, 9.17) is 0 Å². The van der Waals surface area contributed by atoms with Crippen molar-refractivity contribution in [2.45, 2.75) is 45.5 Å². The number of halogens is 4. The molecule has 2 unspecified atom stereocenters. The highest BCUT2D eigenvalue weighted by Gasteiger charge is 2.54. The standard InChI is InChI=1S/C9H14F4/c1-8(2)5-3-4-6(10)7(8)9(11,12)13/h6-7H,3-5H2,1-2H3. The van der Waals surface area contributed by atoms with E-state index in [0.717, 1.165) is 0 Å². The molecule has 0 aliphatic heterocycles. The van der Waals surface area contributed by atoms with Gasteiger partial charge in [-0.3, -0.25) is 0 Å². The minimum atomic E-state index is -4.40. The van der Waals surface area contributed by atoms with Crippen LogP contribution >= 0.6 is 0 Å². The molecule has 0 aromatic rings. The predicted octanol–water partition coefficient (Wildman–Crippen LogP) is 3.71. The molecule has 1 rings (SSSR count). The van der Waals surface area contributed by atoms with Crippen molar-refractivity contribution in [3.05, 3.63) is 0 Å². The van der Waals surface area contributed by atoms with Crippen molar-refractivity contribution in [2.75, 3.05) is 0 Å². The molecular formula is C9H14F4. The van der Waals surface area contributed by atoms with Gasteiger partial charge in [0.25, 0.3) is 0 Å². The van der Waals surface area contributed by atoms with Crippen LogP contribution in [0.1, 0.15) is 33.1 Å². The Balaban J connectivity index is 2.87. The Morgan fingerprint density at radius 2 is 1.77 bits per heavy atom. The van der Waals surface area contributed by atoms with E-state index in [9.17, 15) is 17.6 Å². The molecule has 1 aliphatic carbocycles. The molecule has 1 saturated carbocycles. The van der Waals surface area contributed by atoms with Gasteiger partial charge in [-0.1, -0.05) is 13.8 Å². The van der Waals surface area contributed by atoms with Crippen LogP contribution in [0.5, 0.6) is 0 Å². The molecule has 0 nitrogen and oxygen atoms in total. The second kappa shape index (κ2) is 3.14. The van der Waals surface area contributed by atoms with Gasteiger partial charge >= 0.3 is 6.18 Å². The summed E-state index contributed by atoms with van der Waals surface area (Å²) in [5.41, 5.74) is -0.948. The van der Waals surface area contributed by atoms with Gasteiger partial charge in [0.2, 0.25) is 0 Å². The normalized spacial score (nSPS) is 34.6. The van der Waals surface area contributed by atoms with Crippen LogP contribution < -0.4 is 0 Å². The lowest BCUT2D eigenvalue weighted by Crippen LogP contribution is -2.45. The van der Waals surface area contributed by atoms with E-state index < -0.39 is 23.7 Å². The maximum atomic E-state index is 13.1. The quantitative estimate of drug-likeness (QED) is 0.520. The summed E-state index contributed by atoms with van der Waals surface area (Å²) in [4.78, 5) is 0. The second-order valence-electron chi connectivity index (χ2n) is 4.42. The van der Waals surface area contributed by atoms with E-state index in [1.54, 1.807) is 0 Å². The van der Waals surface area contributed by atoms with E-state index in [1.807, 2.05) is 0 Å². The fourth-order valence-electron chi connectivity index (χ4n) is 2.21. The van der Waals surface area contributed by atoms with Crippen molar-refractivity contribution in [1.29, 1.82) is 0 Å². The Labute approximate surface area is 75.3 Å². The highest BCUT2D eigenvalue weighted by Crippen LogP contribution is 2.49. The van der Waals surface area contributed by atoms with Crippen LogP contribution in [0.2, 0.25) is 0 Å². The Hall–Kier alpha value is -0.280. The van der Waals surface area contributed by atoms with Gasteiger partial charge in [-0.05, 0) is 24.7 Å². The van der Waals surface area contributed by atoms with E-state index in [2.05, 4.69) is 0 Å². The number of alkyl halides is 4. The van der Waals surface area contributed by atoms with Gasteiger partial charge in [-0.15, -0.1) is 0 Å². The zero-order chi connectivity index (χ0) is 10.3. The summed E-state index contributed by atoms with van der Waals surface area (Å²) >= 11 is 0. The fraction of sp³-hybridized carbons (Fsp3) is 1.00. The van der Waals surface area contributed by atoms with Crippen molar-refractivity contribution in [3.8, 4) is 0 Å². The number of rotatable bonds is 0. The first-order chi connectivity index (χ1) is 5.75. The van der Waals surface area contributed by atoms with Gasteiger partial charge in [-0.25, -0.2) is 4.39 Å². The monoisotopic (exact) mass is 198 g/mol. The molecule has 0 radical (unpaired) electrons. The molecule has 0 spiro atoms. The minimum absolute atomic E-state index is 0.0492. The summed E-state index contributed by atoms with van der Waals surface area (Å²) in [6, 6.07) is 0. The third-order valence-electron chi connectivity index (χ3n) is 2.86. The molecule has 0 N–H and O–H groups in total. The zero-order valence-corrected chi connectivity index (χ0v) is 7.79. The summed E-state index contributed by atoms with van der Waals surface area (Å²) in [6.07, 6.45) is -5.06. The molecule has 0 saturated heterocycles. The summed E-state index contributed by atoms with van der Waals surface area (Å²) in [5.74, 6) is -1.78. The Morgan fingerprint density at radius 1 is 1.23 bits per heavy atom. The van der Waals surface area contributed by atoms with Gasteiger partial charge in [0.1, 0.15) is 6.17 Å². The molecule has 0 aromatic heterocycles. The smallest absolute Gasteiger partial charge is 0.247 e. The first-order valence-electron chi connectivity index (χ1n) is 4.46. The maximum absolute atomic E-state index is 13.1. The largest absolute Gasteiger partial charge is 0.395 e. The van der Waals surface area contributed by atoms with Gasteiger partial charge in [0.05, 0.1) is 5.92 Å². The summed E-state index contributed by atoms with van der Waals surface area (Å²) in [5, 5.41) is 0. The Kier molecular flexibility index (Phi) is 2.61. The van der Waals surface area contributed by atoms with Gasteiger partial charge in [0.15, 0.2) is 0 Å². The van der Waals surface area contributed by atoms with Crippen LogP contribution in [0.3, 0.4) is 0 Å². The Morgan fingerprint density at radius 3 is 2.08 bits per heavy atom. The van der Waals surface area contributed by atoms with Crippen LogP contribution in [0.25, 0.3) is 0 Å². The lowest BCUT2D eigenvalue weighted by molar-refractivity contribution is -0.229. The maximum Gasteiger partial charge on any atom is 0.395 e. The molecule has 2 atom stereocenters. The lowest BCUT2D eigenvalue weighted by atomic mass is 9.67. The molecule has 0 heterocycles. The average molecular weight is 198 g/mol. The molecule has 1 aliphatic rings. The highest BCUT2D eigenvalue weighted by atomic mass is 19.4. The molecule has 1 fully saturated rings. The molecular weight excluding hydrogens is 184 g/mol. The SMILES string of the molecule is CC1(C)CCCC(F)C1C(F)(F)F. The van der Waals surface area contributed by atoms with Crippen molar-refractivity contribution in [2.24, 2.45) is 11.3 Å². The van der Waals surface area contributed by atoms with Crippen LogP contribution in [0.4, 0.5) is 17.6 Å². The van der Waals surface area contributed by atoms with Crippen molar-refractivity contribution in [1.82, 2.24) is 0 Å². The zero-order valence-electron chi connectivity index (χ0n) is 7.79. The van der Waals surface area contributed by atoms with Crippen LogP contribution in [-0.4, -0.2) is 12.3 Å². The summed E-state index contributed by atoms with van der Waals surface area (Å²) < 4.78 is 50.5.